The van der Waals surface area contributed by atoms with E-state index >= 15 is 0 Å². The van der Waals surface area contributed by atoms with E-state index in [1.807, 2.05) is 0 Å². The second kappa shape index (κ2) is 4.65. The lowest BCUT2D eigenvalue weighted by Gasteiger charge is -2.26. The number of aliphatic hydroxyl groups is 1. The van der Waals surface area contributed by atoms with Gasteiger partial charge in [-0.25, -0.2) is 4.98 Å². The number of nitrogen functional groups attached to an aromatic ring is 1. The average Bonchev–Trinajstić information content (AvgIpc) is 2.76. The SMILES string of the molecule is Nc1cncc(NCC2(CO)CCCC2)n1. The number of hydrogen-bond acceptors (Lipinski definition) is 5. The Hall–Kier alpha value is -1.36. The van der Waals surface area contributed by atoms with E-state index in [9.17, 15) is 5.11 Å². The van der Waals surface area contributed by atoms with Crippen molar-refractivity contribution in [1.82, 2.24) is 9.97 Å². The van der Waals surface area contributed by atoms with Crippen molar-refractivity contribution in [3.8, 4) is 0 Å². The minimum Gasteiger partial charge on any atom is -0.396 e. The molecular formula is C11H18N4O. The number of anilines is 2. The van der Waals surface area contributed by atoms with Crippen LogP contribution >= 0.6 is 0 Å². The van der Waals surface area contributed by atoms with Gasteiger partial charge in [-0.2, -0.15) is 0 Å². The molecule has 88 valence electrons. The Morgan fingerprint density at radius 1 is 1.38 bits per heavy atom. The van der Waals surface area contributed by atoms with Crippen LogP contribution in [-0.2, 0) is 0 Å². The van der Waals surface area contributed by atoms with E-state index in [-0.39, 0.29) is 12.0 Å². The summed E-state index contributed by atoms with van der Waals surface area (Å²) in [5, 5.41) is 12.7. The van der Waals surface area contributed by atoms with Crippen molar-refractivity contribution < 1.29 is 5.11 Å². The molecule has 1 heterocycles. The molecule has 0 saturated heterocycles. The summed E-state index contributed by atoms with van der Waals surface area (Å²) in [4.78, 5) is 8.09. The van der Waals surface area contributed by atoms with Crippen molar-refractivity contribution in [3.05, 3.63) is 12.4 Å². The second-order valence-corrected chi connectivity index (χ2v) is 4.55. The molecule has 1 aromatic rings. The van der Waals surface area contributed by atoms with Crippen LogP contribution < -0.4 is 11.1 Å². The number of rotatable bonds is 4. The first-order valence-electron chi connectivity index (χ1n) is 5.66. The molecule has 0 atom stereocenters. The lowest BCUT2D eigenvalue weighted by molar-refractivity contribution is 0.142. The maximum absolute atomic E-state index is 9.45. The molecule has 16 heavy (non-hydrogen) atoms. The van der Waals surface area contributed by atoms with Crippen LogP contribution in [0.4, 0.5) is 11.6 Å². The molecule has 1 aliphatic carbocycles. The minimum absolute atomic E-state index is 0.0201. The van der Waals surface area contributed by atoms with E-state index in [1.165, 1.54) is 19.0 Å². The van der Waals surface area contributed by atoms with Gasteiger partial charge in [0.15, 0.2) is 0 Å². The minimum atomic E-state index is 0.0201. The first-order valence-corrected chi connectivity index (χ1v) is 5.66. The summed E-state index contributed by atoms with van der Waals surface area (Å²) in [6.07, 6.45) is 7.72. The fourth-order valence-electron chi connectivity index (χ4n) is 2.26. The van der Waals surface area contributed by atoms with Gasteiger partial charge in [0.2, 0.25) is 0 Å². The van der Waals surface area contributed by atoms with E-state index < -0.39 is 0 Å². The first kappa shape index (κ1) is 11.1. The molecule has 0 bridgehead atoms. The van der Waals surface area contributed by atoms with E-state index in [0.29, 0.717) is 11.6 Å². The Morgan fingerprint density at radius 2 is 2.12 bits per heavy atom. The Balaban J connectivity index is 1.95. The predicted octanol–water partition coefficient (Wildman–Crippen LogP) is 1.02. The van der Waals surface area contributed by atoms with Crippen molar-refractivity contribution >= 4 is 11.6 Å². The molecule has 4 N–H and O–H groups in total. The first-order chi connectivity index (χ1) is 7.74. The van der Waals surface area contributed by atoms with Crippen LogP contribution in [0.1, 0.15) is 25.7 Å². The number of aliphatic hydroxyl groups excluding tert-OH is 1. The van der Waals surface area contributed by atoms with E-state index in [2.05, 4.69) is 15.3 Å². The van der Waals surface area contributed by atoms with Gasteiger partial charge < -0.3 is 16.2 Å². The van der Waals surface area contributed by atoms with Crippen molar-refractivity contribution in [3.63, 3.8) is 0 Å². The summed E-state index contributed by atoms with van der Waals surface area (Å²) in [6.45, 7) is 0.970. The van der Waals surface area contributed by atoms with Gasteiger partial charge in [-0.3, -0.25) is 4.98 Å². The summed E-state index contributed by atoms with van der Waals surface area (Å²) in [6, 6.07) is 0. The highest BCUT2D eigenvalue weighted by Gasteiger charge is 2.32. The molecule has 1 saturated carbocycles. The van der Waals surface area contributed by atoms with Crippen LogP contribution in [0.3, 0.4) is 0 Å². The number of aromatic nitrogens is 2. The van der Waals surface area contributed by atoms with Gasteiger partial charge in [-0.1, -0.05) is 12.8 Å². The Labute approximate surface area is 95.1 Å². The van der Waals surface area contributed by atoms with Gasteiger partial charge >= 0.3 is 0 Å². The Bertz CT molecular complexity index is 350. The molecule has 0 amide bonds. The smallest absolute Gasteiger partial charge is 0.146 e. The topological polar surface area (TPSA) is 84.1 Å². The maximum Gasteiger partial charge on any atom is 0.146 e. The van der Waals surface area contributed by atoms with Gasteiger partial charge in [0, 0.05) is 12.0 Å². The number of nitrogens with zero attached hydrogens (tertiary/aromatic N) is 2. The Morgan fingerprint density at radius 3 is 2.75 bits per heavy atom. The van der Waals surface area contributed by atoms with Crippen molar-refractivity contribution in [2.24, 2.45) is 5.41 Å². The normalized spacial score (nSPS) is 18.6. The average molecular weight is 222 g/mol. The predicted molar refractivity (Wildman–Crippen MR) is 62.9 cm³/mol. The molecule has 0 aromatic carbocycles. The lowest BCUT2D eigenvalue weighted by atomic mass is 9.87. The van der Waals surface area contributed by atoms with E-state index in [0.717, 1.165) is 19.4 Å². The van der Waals surface area contributed by atoms with Crippen LogP contribution in [0.25, 0.3) is 0 Å². The molecule has 0 radical (unpaired) electrons. The summed E-state index contributed by atoms with van der Waals surface area (Å²) in [7, 11) is 0. The second-order valence-electron chi connectivity index (χ2n) is 4.55. The summed E-state index contributed by atoms with van der Waals surface area (Å²) in [5.74, 6) is 1.09. The molecule has 5 heteroatoms. The van der Waals surface area contributed by atoms with Crippen LogP contribution in [-0.4, -0.2) is 28.2 Å². The third-order valence-electron chi connectivity index (χ3n) is 3.30. The van der Waals surface area contributed by atoms with Gasteiger partial charge in [-0.15, -0.1) is 0 Å². The highest BCUT2D eigenvalue weighted by atomic mass is 16.3. The fourth-order valence-corrected chi connectivity index (χ4v) is 2.26. The molecule has 0 aliphatic heterocycles. The van der Waals surface area contributed by atoms with E-state index in [1.54, 1.807) is 6.20 Å². The largest absolute Gasteiger partial charge is 0.396 e. The Kier molecular flexibility index (Phi) is 3.24. The van der Waals surface area contributed by atoms with Crippen molar-refractivity contribution in [2.45, 2.75) is 25.7 Å². The van der Waals surface area contributed by atoms with Crippen LogP contribution in [0.5, 0.6) is 0 Å². The quantitative estimate of drug-likeness (QED) is 0.708. The molecule has 1 aromatic heterocycles. The number of hydrogen-bond donors (Lipinski definition) is 3. The monoisotopic (exact) mass is 222 g/mol. The van der Waals surface area contributed by atoms with Crippen molar-refractivity contribution in [1.29, 1.82) is 0 Å². The van der Waals surface area contributed by atoms with Crippen LogP contribution in [0.2, 0.25) is 0 Å². The summed E-state index contributed by atoms with van der Waals surface area (Å²) in [5.41, 5.74) is 5.56. The standard InChI is InChI=1S/C11H18N4O/c12-9-5-13-6-10(15-9)14-7-11(8-16)3-1-2-4-11/h5-6,16H,1-4,7-8H2,(H3,12,14,15). The molecule has 2 rings (SSSR count). The number of nitrogens with two attached hydrogens (primary N) is 1. The van der Waals surface area contributed by atoms with Gasteiger partial charge in [0.25, 0.3) is 0 Å². The molecule has 0 unspecified atom stereocenters. The fraction of sp³-hybridized carbons (Fsp3) is 0.636. The molecule has 1 fully saturated rings. The molecular weight excluding hydrogens is 204 g/mol. The molecule has 0 spiro atoms. The highest BCUT2D eigenvalue weighted by Crippen LogP contribution is 2.37. The van der Waals surface area contributed by atoms with Crippen LogP contribution in [0, 0.1) is 5.41 Å². The van der Waals surface area contributed by atoms with Gasteiger partial charge in [-0.05, 0) is 12.8 Å². The zero-order valence-electron chi connectivity index (χ0n) is 9.32. The zero-order valence-corrected chi connectivity index (χ0v) is 9.32. The van der Waals surface area contributed by atoms with Crippen LogP contribution in [0.15, 0.2) is 12.4 Å². The number of nitrogens with one attached hydrogen (secondary N) is 1. The molecule has 1 aliphatic rings. The highest BCUT2D eigenvalue weighted by molar-refractivity contribution is 5.38. The third kappa shape index (κ3) is 2.41. The third-order valence-corrected chi connectivity index (χ3v) is 3.30. The van der Waals surface area contributed by atoms with Gasteiger partial charge in [0.05, 0.1) is 19.0 Å². The van der Waals surface area contributed by atoms with E-state index in [4.69, 9.17) is 5.73 Å². The van der Waals surface area contributed by atoms with Crippen molar-refractivity contribution in [2.75, 3.05) is 24.2 Å². The maximum atomic E-state index is 9.45. The van der Waals surface area contributed by atoms with Gasteiger partial charge in [0.1, 0.15) is 11.6 Å². The lowest BCUT2D eigenvalue weighted by Crippen LogP contribution is -2.30. The molecule has 5 nitrogen and oxygen atoms in total. The summed E-state index contributed by atoms with van der Waals surface area (Å²) < 4.78 is 0. The summed E-state index contributed by atoms with van der Waals surface area (Å²) >= 11 is 0. The zero-order chi connectivity index (χ0) is 11.4.